The van der Waals surface area contributed by atoms with Crippen LogP contribution >= 0.6 is 0 Å². The van der Waals surface area contributed by atoms with E-state index in [1.165, 1.54) is 11.1 Å². The third kappa shape index (κ3) is 2.21. The van der Waals surface area contributed by atoms with E-state index in [4.69, 9.17) is 9.72 Å². The Balaban J connectivity index is 2.21. The second kappa shape index (κ2) is 5.47. The smallest absolute Gasteiger partial charge is 0.141 e. The molecule has 3 aromatic rings. The molecule has 1 heterocycles. The van der Waals surface area contributed by atoms with Crippen molar-refractivity contribution < 1.29 is 4.74 Å². The van der Waals surface area contributed by atoms with E-state index in [1.807, 2.05) is 6.07 Å². The lowest BCUT2D eigenvalue weighted by Crippen LogP contribution is -2.06. The fourth-order valence-corrected chi connectivity index (χ4v) is 2.51. The molecule has 0 amide bonds. The highest BCUT2D eigenvalue weighted by molar-refractivity contribution is 5.81. The summed E-state index contributed by atoms with van der Waals surface area (Å²) < 4.78 is 7.47. The molecule has 3 nitrogen and oxygen atoms in total. The summed E-state index contributed by atoms with van der Waals surface area (Å²) in [4.78, 5) is 4.80. The Labute approximate surface area is 118 Å². The van der Waals surface area contributed by atoms with Crippen molar-refractivity contribution in [1.82, 2.24) is 9.55 Å². The molecule has 2 aromatic carbocycles. The van der Waals surface area contributed by atoms with Gasteiger partial charge in [-0.1, -0.05) is 36.4 Å². The molecule has 0 unspecified atom stereocenters. The molecule has 0 aliphatic rings. The number of nitrogens with zero attached hydrogens (tertiary/aromatic N) is 2. The van der Waals surface area contributed by atoms with E-state index in [1.54, 1.807) is 7.11 Å². The molecule has 0 aliphatic carbocycles. The molecule has 3 heteroatoms. The van der Waals surface area contributed by atoms with Crippen molar-refractivity contribution in [2.24, 2.45) is 0 Å². The van der Waals surface area contributed by atoms with Crippen molar-refractivity contribution in [2.75, 3.05) is 13.7 Å². The number of hydrogen-bond donors (Lipinski definition) is 0. The molecule has 0 spiro atoms. The maximum atomic E-state index is 5.24. The predicted octanol–water partition coefficient (Wildman–Crippen LogP) is 3.66. The highest BCUT2D eigenvalue weighted by Crippen LogP contribution is 2.26. The molecule has 0 aliphatic heterocycles. The van der Waals surface area contributed by atoms with Crippen LogP contribution in [-0.4, -0.2) is 23.3 Å². The van der Waals surface area contributed by atoms with Gasteiger partial charge in [-0.05, 0) is 24.6 Å². The number of aryl methyl sites for hydroxylation is 1. The Morgan fingerprint density at radius 2 is 1.80 bits per heavy atom. The van der Waals surface area contributed by atoms with Gasteiger partial charge in [-0.25, -0.2) is 4.98 Å². The van der Waals surface area contributed by atoms with Crippen molar-refractivity contribution >= 4 is 11.0 Å². The Morgan fingerprint density at radius 3 is 2.60 bits per heavy atom. The second-order valence-corrected chi connectivity index (χ2v) is 4.88. The zero-order valence-electron chi connectivity index (χ0n) is 11.8. The van der Waals surface area contributed by atoms with Crippen molar-refractivity contribution in [2.45, 2.75) is 13.5 Å². The van der Waals surface area contributed by atoms with Crippen LogP contribution in [-0.2, 0) is 11.3 Å². The molecule has 20 heavy (non-hydrogen) atoms. The van der Waals surface area contributed by atoms with Gasteiger partial charge in [0.2, 0.25) is 0 Å². The molecule has 0 saturated heterocycles. The number of imidazole rings is 1. The summed E-state index contributed by atoms with van der Waals surface area (Å²) in [6.07, 6.45) is 0. The third-order valence-corrected chi connectivity index (χ3v) is 3.56. The van der Waals surface area contributed by atoms with Crippen LogP contribution in [0.4, 0.5) is 0 Å². The normalized spacial score (nSPS) is 11.1. The van der Waals surface area contributed by atoms with Gasteiger partial charge in [0.25, 0.3) is 0 Å². The van der Waals surface area contributed by atoms with Gasteiger partial charge in [0.15, 0.2) is 0 Å². The topological polar surface area (TPSA) is 27.1 Å². The fraction of sp³-hybridized carbons (Fsp3) is 0.235. The Morgan fingerprint density at radius 1 is 1.05 bits per heavy atom. The SMILES string of the molecule is COCCn1c(-c2ccccc2C)nc2ccccc21. The van der Waals surface area contributed by atoms with Crippen LogP contribution in [0.5, 0.6) is 0 Å². The molecule has 102 valence electrons. The molecule has 0 N–H and O–H groups in total. The minimum Gasteiger partial charge on any atom is -0.383 e. The summed E-state index contributed by atoms with van der Waals surface area (Å²) >= 11 is 0. The fourth-order valence-electron chi connectivity index (χ4n) is 2.51. The van der Waals surface area contributed by atoms with Crippen LogP contribution in [0, 0.1) is 6.92 Å². The monoisotopic (exact) mass is 266 g/mol. The Bertz CT molecular complexity index is 731. The first-order chi connectivity index (χ1) is 9.81. The highest BCUT2D eigenvalue weighted by Gasteiger charge is 2.13. The Hall–Kier alpha value is -2.13. The predicted molar refractivity (Wildman–Crippen MR) is 81.8 cm³/mol. The van der Waals surface area contributed by atoms with Crippen LogP contribution in [0.3, 0.4) is 0 Å². The molecule has 1 aromatic heterocycles. The van der Waals surface area contributed by atoms with Gasteiger partial charge in [-0.3, -0.25) is 0 Å². The minimum absolute atomic E-state index is 0.680. The number of methoxy groups -OCH3 is 1. The molecule has 0 fully saturated rings. The molecule has 0 atom stereocenters. The third-order valence-electron chi connectivity index (χ3n) is 3.56. The van der Waals surface area contributed by atoms with E-state index in [0.717, 1.165) is 23.4 Å². The number of benzene rings is 2. The molecule has 0 saturated carbocycles. The van der Waals surface area contributed by atoms with E-state index in [9.17, 15) is 0 Å². The summed E-state index contributed by atoms with van der Waals surface area (Å²) in [7, 11) is 1.73. The van der Waals surface area contributed by atoms with E-state index >= 15 is 0 Å². The number of rotatable bonds is 4. The number of ether oxygens (including phenoxy) is 1. The minimum atomic E-state index is 0.680. The van der Waals surface area contributed by atoms with Gasteiger partial charge >= 0.3 is 0 Å². The summed E-state index contributed by atoms with van der Waals surface area (Å²) in [5, 5.41) is 0. The number of aromatic nitrogens is 2. The lowest BCUT2D eigenvalue weighted by atomic mass is 10.1. The maximum absolute atomic E-state index is 5.24. The van der Waals surface area contributed by atoms with Gasteiger partial charge < -0.3 is 9.30 Å². The highest BCUT2D eigenvalue weighted by atomic mass is 16.5. The van der Waals surface area contributed by atoms with Crippen LogP contribution in [0.1, 0.15) is 5.56 Å². The molecule has 0 radical (unpaired) electrons. The van der Waals surface area contributed by atoms with Gasteiger partial charge in [-0.2, -0.15) is 0 Å². The Kier molecular flexibility index (Phi) is 3.52. The number of para-hydroxylation sites is 2. The lowest BCUT2D eigenvalue weighted by Gasteiger charge is -2.10. The summed E-state index contributed by atoms with van der Waals surface area (Å²) in [6.45, 7) is 3.61. The van der Waals surface area contributed by atoms with E-state index < -0.39 is 0 Å². The van der Waals surface area contributed by atoms with Crippen molar-refractivity contribution in [3.05, 3.63) is 54.1 Å². The lowest BCUT2D eigenvalue weighted by molar-refractivity contribution is 0.188. The standard InChI is InChI=1S/C17H18N2O/c1-13-7-3-4-8-14(13)17-18-15-9-5-6-10-16(15)19(17)11-12-20-2/h3-10H,11-12H2,1-2H3. The van der Waals surface area contributed by atoms with Gasteiger partial charge in [0.05, 0.1) is 17.6 Å². The summed E-state index contributed by atoms with van der Waals surface area (Å²) in [5.41, 5.74) is 4.60. The maximum Gasteiger partial charge on any atom is 0.141 e. The number of fused-ring (bicyclic) bond motifs is 1. The van der Waals surface area contributed by atoms with Crippen LogP contribution in [0.15, 0.2) is 48.5 Å². The van der Waals surface area contributed by atoms with E-state index in [0.29, 0.717) is 6.61 Å². The van der Waals surface area contributed by atoms with Crippen molar-refractivity contribution in [1.29, 1.82) is 0 Å². The zero-order chi connectivity index (χ0) is 13.9. The quantitative estimate of drug-likeness (QED) is 0.720. The van der Waals surface area contributed by atoms with Crippen molar-refractivity contribution in [3.63, 3.8) is 0 Å². The molecule has 3 rings (SSSR count). The first-order valence-corrected chi connectivity index (χ1v) is 6.81. The first-order valence-electron chi connectivity index (χ1n) is 6.81. The summed E-state index contributed by atoms with van der Waals surface area (Å²) in [6, 6.07) is 16.6. The van der Waals surface area contributed by atoms with Crippen LogP contribution in [0.25, 0.3) is 22.4 Å². The second-order valence-electron chi connectivity index (χ2n) is 4.88. The summed E-state index contributed by atoms with van der Waals surface area (Å²) in [5.74, 6) is 1.02. The molecular formula is C17H18N2O. The largest absolute Gasteiger partial charge is 0.383 e. The first kappa shape index (κ1) is 12.9. The van der Waals surface area contributed by atoms with Gasteiger partial charge in [0, 0.05) is 19.2 Å². The van der Waals surface area contributed by atoms with Gasteiger partial charge in [0.1, 0.15) is 5.82 Å². The average Bonchev–Trinajstić information content (AvgIpc) is 2.84. The van der Waals surface area contributed by atoms with E-state index in [2.05, 4.69) is 54.0 Å². The molecular weight excluding hydrogens is 248 g/mol. The molecule has 0 bridgehead atoms. The van der Waals surface area contributed by atoms with Crippen LogP contribution < -0.4 is 0 Å². The van der Waals surface area contributed by atoms with Crippen LogP contribution in [0.2, 0.25) is 0 Å². The zero-order valence-corrected chi connectivity index (χ0v) is 11.8. The average molecular weight is 266 g/mol. The van der Waals surface area contributed by atoms with Gasteiger partial charge in [-0.15, -0.1) is 0 Å². The van der Waals surface area contributed by atoms with Crippen molar-refractivity contribution in [3.8, 4) is 11.4 Å². The number of hydrogen-bond acceptors (Lipinski definition) is 2. The van der Waals surface area contributed by atoms with E-state index in [-0.39, 0.29) is 0 Å².